The van der Waals surface area contributed by atoms with E-state index in [9.17, 15) is 5.11 Å². The number of hydrogen-bond donors (Lipinski definition) is 1. The molecule has 0 spiro atoms. The Balaban J connectivity index is 2.21. The van der Waals surface area contributed by atoms with Crippen molar-refractivity contribution in [2.75, 3.05) is 20.3 Å². The molecule has 0 radical (unpaired) electrons. The molecule has 1 rings (SSSR count). The lowest BCUT2D eigenvalue weighted by Gasteiger charge is -2.31. The number of hydrogen-bond acceptors (Lipinski definition) is 3. The predicted molar refractivity (Wildman–Crippen MR) is 50.6 cm³/mol. The quantitative estimate of drug-likeness (QED) is 0.674. The summed E-state index contributed by atoms with van der Waals surface area (Å²) in [6, 6.07) is 0. The van der Waals surface area contributed by atoms with Crippen LogP contribution in [0.1, 0.15) is 26.2 Å². The van der Waals surface area contributed by atoms with Crippen LogP contribution in [0.15, 0.2) is 0 Å². The van der Waals surface area contributed by atoms with Gasteiger partial charge in [0.1, 0.15) is 0 Å². The second-order valence-corrected chi connectivity index (χ2v) is 3.89. The van der Waals surface area contributed by atoms with Gasteiger partial charge in [0.05, 0.1) is 25.4 Å². The zero-order chi connectivity index (χ0) is 9.68. The molecule has 3 nitrogen and oxygen atoms in total. The molecule has 0 amide bonds. The topological polar surface area (TPSA) is 38.7 Å². The second-order valence-electron chi connectivity index (χ2n) is 3.89. The number of ether oxygens (including phenoxy) is 2. The van der Waals surface area contributed by atoms with Crippen molar-refractivity contribution in [3.05, 3.63) is 0 Å². The fourth-order valence-electron chi connectivity index (χ4n) is 1.77. The van der Waals surface area contributed by atoms with Crippen LogP contribution in [0.4, 0.5) is 0 Å². The summed E-state index contributed by atoms with van der Waals surface area (Å²) in [5.41, 5.74) is 0. The van der Waals surface area contributed by atoms with Crippen molar-refractivity contribution < 1.29 is 14.6 Å². The zero-order valence-corrected chi connectivity index (χ0v) is 8.53. The van der Waals surface area contributed by atoms with E-state index in [0.717, 1.165) is 19.3 Å². The molecule has 0 aromatic heterocycles. The van der Waals surface area contributed by atoms with Crippen LogP contribution in [0.2, 0.25) is 0 Å². The molecule has 0 aromatic carbocycles. The molecule has 13 heavy (non-hydrogen) atoms. The van der Waals surface area contributed by atoms with Gasteiger partial charge in [0.2, 0.25) is 0 Å². The van der Waals surface area contributed by atoms with Gasteiger partial charge in [-0.3, -0.25) is 0 Å². The minimum Gasteiger partial charge on any atom is -0.390 e. The highest BCUT2D eigenvalue weighted by Crippen LogP contribution is 2.25. The van der Waals surface area contributed by atoms with Gasteiger partial charge in [-0.05, 0) is 25.2 Å². The minimum absolute atomic E-state index is 0.0268. The van der Waals surface area contributed by atoms with E-state index in [0.29, 0.717) is 19.1 Å². The van der Waals surface area contributed by atoms with E-state index < -0.39 is 0 Å². The summed E-state index contributed by atoms with van der Waals surface area (Å²) in [5.74, 6) is 0.677. The Labute approximate surface area is 80.0 Å². The van der Waals surface area contributed by atoms with Gasteiger partial charge in [0.25, 0.3) is 0 Å². The third-order valence-corrected chi connectivity index (χ3v) is 2.64. The molecule has 0 saturated heterocycles. The highest BCUT2D eigenvalue weighted by Gasteiger charge is 2.27. The Morgan fingerprint density at radius 3 is 2.77 bits per heavy atom. The largest absolute Gasteiger partial charge is 0.390 e. The molecular formula is C10H20O3. The first-order valence-corrected chi connectivity index (χ1v) is 5.02. The Bertz CT molecular complexity index is 138. The van der Waals surface area contributed by atoms with Crippen LogP contribution >= 0.6 is 0 Å². The van der Waals surface area contributed by atoms with Crippen LogP contribution in [0, 0.1) is 5.92 Å². The normalized spacial score (nSPS) is 34.8. The van der Waals surface area contributed by atoms with Crippen molar-refractivity contribution in [1.82, 2.24) is 0 Å². The number of rotatable bonds is 4. The molecule has 1 fully saturated rings. The van der Waals surface area contributed by atoms with Gasteiger partial charge in [-0.25, -0.2) is 0 Å². The summed E-state index contributed by atoms with van der Waals surface area (Å²) < 4.78 is 10.4. The van der Waals surface area contributed by atoms with E-state index in [2.05, 4.69) is 6.92 Å². The first-order chi connectivity index (χ1) is 6.24. The average molecular weight is 188 g/mol. The molecule has 0 bridgehead atoms. The van der Waals surface area contributed by atoms with Crippen LogP contribution in [-0.2, 0) is 9.47 Å². The fourth-order valence-corrected chi connectivity index (χ4v) is 1.77. The molecular weight excluding hydrogens is 168 g/mol. The third kappa shape index (κ3) is 3.63. The Morgan fingerprint density at radius 1 is 1.31 bits per heavy atom. The molecule has 78 valence electrons. The lowest BCUT2D eigenvalue weighted by molar-refractivity contribution is -0.0795. The molecule has 3 unspecified atom stereocenters. The number of methoxy groups -OCH3 is 1. The van der Waals surface area contributed by atoms with Crippen molar-refractivity contribution in [1.29, 1.82) is 0 Å². The van der Waals surface area contributed by atoms with Gasteiger partial charge in [-0.15, -0.1) is 0 Å². The average Bonchev–Trinajstić information content (AvgIpc) is 2.11. The Kier molecular flexibility index (Phi) is 4.70. The lowest BCUT2D eigenvalue weighted by atomic mass is 9.86. The second kappa shape index (κ2) is 5.58. The highest BCUT2D eigenvalue weighted by molar-refractivity contribution is 4.78. The molecule has 0 aliphatic heterocycles. The monoisotopic (exact) mass is 188 g/mol. The first-order valence-electron chi connectivity index (χ1n) is 5.02. The van der Waals surface area contributed by atoms with Gasteiger partial charge in [-0.1, -0.05) is 6.92 Å². The van der Waals surface area contributed by atoms with Crippen LogP contribution in [0.3, 0.4) is 0 Å². The summed E-state index contributed by atoms with van der Waals surface area (Å²) in [7, 11) is 1.66. The van der Waals surface area contributed by atoms with E-state index >= 15 is 0 Å². The van der Waals surface area contributed by atoms with Crippen molar-refractivity contribution in [3.63, 3.8) is 0 Å². The van der Waals surface area contributed by atoms with E-state index in [1.807, 2.05) is 0 Å². The van der Waals surface area contributed by atoms with Crippen molar-refractivity contribution in [3.8, 4) is 0 Å². The fraction of sp³-hybridized carbons (Fsp3) is 1.00. The van der Waals surface area contributed by atoms with Gasteiger partial charge < -0.3 is 14.6 Å². The van der Waals surface area contributed by atoms with Gasteiger partial charge in [0.15, 0.2) is 0 Å². The SMILES string of the molecule is COCCOC1CC(C)CCC1O. The highest BCUT2D eigenvalue weighted by atomic mass is 16.5. The molecule has 0 heterocycles. The van der Waals surface area contributed by atoms with Gasteiger partial charge >= 0.3 is 0 Å². The molecule has 1 aliphatic carbocycles. The maximum atomic E-state index is 9.62. The smallest absolute Gasteiger partial charge is 0.0837 e. The summed E-state index contributed by atoms with van der Waals surface area (Å²) in [5, 5.41) is 9.62. The van der Waals surface area contributed by atoms with E-state index in [1.54, 1.807) is 7.11 Å². The molecule has 1 saturated carbocycles. The van der Waals surface area contributed by atoms with Crippen LogP contribution in [-0.4, -0.2) is 37.6 Å². The predicted octanol–water partition coefficient (Wildman–Crippen LogP) is 1.20. The first kappa shape index (κ1) is 11.0. The third-order valence-electron chi connectivity index (χ3n) is 2.64. The molecule has 1 N–H and O–H groups in total. The minimum atomic E-state index is -0.270. The summed E-state index contributed by atoms with van der Waals surface area (Å²) in [6.07, 6.45) is 2.72. The zero-order valence-electron chi connectivity index (χ0n) is 8.53. The summed E-state index contributed by atoms with van der Waals surface area (Å²) in [4.78, 5) is 0. The summed E-state index contributed by atoms with van der Waals surface area (Å²) >= 11 is 0. The van der Waals surface area contributed by atoms with Crippen molar-refractivity contribution in [2.24, 2.45) is 5.92 Å². The van der Waals surface area contributed by atoms with Crippen molar-refractivity contribution in [2.45, 2.75) is 38.4 Å². The molecule has 1 aliphatic rings. The lowest BCUT2D eigenvalue weighted by Crippen LogP contribution is -2.35. The van der Waals surface area contributed by atoms with Crippen molar-refractivity contribution >= 4 is 0 Å². The standard InChI is InChI=1S/C10H20O3/c1-8-3-4-9(11)10(7-8)13-6-5-12-2/h8-11H,3-7H2,1-2H3. The Hall–Kier alpha value is -0.120. The van der Waals surface area contributed by atoms with Crippen LogP contribution < -0.4 is 0 Å². The summed E-state index contributed by atoms with van der Waals surface area (Å²) in [6.45, 7) is 3.40. The van der Waals surface area contributed by atoms with Crippen LogP contribution in [0.25, 0.3) is 0 Å². The molecule has 0 aromatic rings. The number of aliphatic hydroxyl groups excluding tert-OH is 1. The number of aliphatic hydroxyl groups is 1. The molecule has 3 atom stereocenters. The van der Waals surface area contributed by atoms with Crippen LogP contribution in [0.5, 0.6) is 0 Å². The van der Waals surface area contributed by atoms with E-state index in [-0.39, 0.29) is 12.2 Å². The maximum Gasteiger partial charge on any atom is 0.0837 e. The molecule has 3 heteroatoms. The Morgan fingerprint density at radius 2 is 2.08 bits per heavy atom. The van der Waals surface area contributed by atoms with Gasteiger partial charge in [-0.2, -0.15) is 0 Å². The maximum absolute atomic E-state index is 9.62. The van der Waals surface area contributed by atoms with E-state index in [1.165, 1.54) is 0 Å². The van der Waals surface area contributed by atoms with E-state index in [4.69, 9.17) is 9.47 Å². The van der Waals surface area contributed by atoms with Gasteiger partial charge in [0, 0.05) is 7.11 Å².